The number of aromatic nitrogens is 2. The van der Waals surface area contributed by atoms with Crippen LogP contribution in [0.15, 0.2) is 30.5 Å². The van der Waals surface area contributed by atoms with E-state index >= 15 is 0 Å². The Hall–Kier alpha value is -2.30. The Morgan fingerprint density at radius 3 is 2.68 bits per heavy atom. The number of aromatic amines is 1. The number of nitrogens with zero attached hydrogens (tertiary/aromatic N) is 2. The third-order valence-corrected chi connectivity index (χ3v) is 4.85. The van der Waals surface area contributed by atoms with Crippen LogP contribution in [0.5, 0.6) is 5.75 Å². The second kappa shape index (κ2) is 8.19. The molecule has 1 fully saturated rings. The van der Waals surface area contributed by atoms with Gasteiger partial charge in [-0.25, -0.2) is 0 Å². The van der Waals surface area contributed by atoms with Gasteiger partial charge in [0, 0.05) is 18.7 Å². The van der Waals surface area contributed by atoms with Gasteiger partial charge in [-0.15, -0.1) is 0 Å². The van der Waals surface area contributed by atoms with Gasteiger partial charge < -0.3 is 9.64 Å². The molecule has 25 heavy (non-hydrogen) atoms. The molecule has 0 bridgehead atoms. The number of hydrogen-bond acceptors (Lipinski definition) is 3. The molecule has 1 N–H and O–H groups in total. The van der Waals surface area contributed by atoms with Crippen molar-refractivity contribution in [1.82, 2.24) is 15.1 Å². The van der Waals surface area contributed by atoms with E-state index in [1.54, 1.807) is 6.20 Å². The summed E-state index contributed by atoms with van der Waals surface area (Å²) in [5.74, 6) is 1.63. The summed E-state index contributed by atoms with van der Waals surface area (Å²) in [5.41, 5.74) is 2.38. The van der Waals surface area contributed by atoms with Crippen LogP contribution in [0.1, 0.15) is 49.9 Å². The molecule has 0 unspecified atom stereocenters. The van der Waals surface area contributed by atoms with Crippen LogP contribution in [-0.2, 0) is 0 Å². The summed E-state index contributed by atoms with van der Waals surface area (Å²) in [6.45, 7) is 6.78. The van der Waals surface area contributed by atoms with Crippen molar-refractivity contribution in [3.8, 4) is 17.0 Å². The molecule has 134 valence electrons. The average molecular weight is 341 g/mol. The maximum absolute atomic E-state index is 12.8. The molecule has 0 atom stereocenters. The van der Waals surface area contributed by atoms with Gasteiger partial charge in [0.1, 0.15) is 5.75 Å². The van der Waals surface area contributed by atoms with Gasteiger partial charge in [0.05, 0.1) is 24.1 Å². The molecular weight excluding hydrogens is 314 g/mol. The van der Waals surface area contributed by atoms with E-state index < -0.39 is 0 Å². The maximum Gasteiger partial charge on any atom is 0.257 e. The summed E-state index contributed by atoms with van der Waals surface area (Å²) in [7, 11) is 0. The molecule has 0 radical (unpaired) electrons. The van der Waals surface area contributed by atoms with Crippen LogP contribution in [0.25, 0.3) is 11.3 Å². The molecule has 5 heteroatoms. The lowest BCUT2D eigenvalue weighted by Crippen LogP contribution is -2.37. The molecule has 0 aliphatic carbocycles. The van der Waals surface area contributed by atoms with Crippen LogP contribution in [-0.4, -0.2) is 40.7 Å². The third-order valence-electron chi connectivity index (χ3n) is 4.85. The minimum Gasteiger partial charge on any atom is -0.494 e. The van der Waals surface area contributed by atoms with Crippen LogP contribution < -0.4 is 4.74 Å². The topological polar surface area (TPSA) is 58.2 Å². The quantitative estimate of drug-likeness (QED) is 0.804. The van der Waals surface area contributed by atoms with E-state index in [1.807, 2.05) is 29.2 Å². The largest absolute Gasteiger partial charge is 0.494 e. The Balaban J connectivity index is 1.71. The van der Waals surface area contributed by atoms with Crippen molar-refractivity contribution in [1.29, 1.82) is 0 Å². The highest BCUT2D eigenvalue weighted by molar-refractivity contribution is 5.99. The smallest absolute Gasteiger partial charge is 0.257 e. The number of unbranched alkanes of at least 4 members (excludes halogenated alkanes) is 1. The summed E-state index contributed by atoms with van der Waals surface area (Å²) >= 11 is 0. The summed E-state index contributed by atoms with van der Waals surface area (Å²) in [5, 5.41) is 7.09. The lowest BCUT2D eigenvalue weighted by molar-refractivity contribution is 0.0698. The molecule has 1 aliphatic heterocycles. The second-order valence-corrected chi connectivity index (χ2v) is 6.86. The fraction of sp³-hybridized carbons (Fsp3) is 0.500. The van der Waals surface area contributed by atoms with E-state index in [0.717, 1.165) is 62.4 Å². The second-order valence-electron chi connectivity index (χ2n) is 6.86. The summed E-state index contributed by atoms with van der Waals surface area (Å²) < 4.78 is 5.70. The minimum absolute atomic E-state index is 0.0684. The van der Waals surface area contributed by atoms with Gasteiger partial charge in [-0.2, -0.15) is 5.10 Å². The molecule has 1 amide bonds. The highest BCUT2D eigenvalue weighted by Crippen LogP contribution is 2.26. The highest BCUT2D eigenvalue weighted by atomic mass is 16.5. The van der Waals surface area contributed by atoms with E-state index in [0.29, 0.717) is 11.5 Å². The van der Waals surface area contributed by atoms with Gasteiger partial charge in [-0.3, -0.25) is 9.89 Å². The number of ether oxygens (including phenoxy) is 1. The van der Waals surface area contributed by atoms with Crippen molar-refractivity contribution in [2.45, 2.75) is 39.5 Å². The first kappa shape index (κ1) is 17.5. The molecule has 1 aromatic heterocycles. The zero-order valence-corrected chi connectivity index (χ0v) is 15.1. The Labute approximate surface area is 149 Å². The first-order valence-electron chi connectivity index (χ1n) is 9.25. The number of carbonyl (C=O) groups excluding carboxylic acids is 1. The predicted octanol–water partition coefficient (Wildman–Crippen LogP) is 4.13. The summed E-state index contributed by atoms with van der Waals surface area (Å²) in [4.78, 5) is 14.8. The number of piperidine rings is 1. The van der Waals surface area contributed by atoms with Crippen molar-refractivity contribution in [2.24, 2.45) is 5.92 Å². The van der Waals surface area contributed by atoms with Crippen molar-refractivity contribution >= 4 is 5.91 Å². The van der Waals surface area contributed by atoms with E-state index in [2.05, 4.69) is 24.0 Å². The lowest BCUT2D eigenvalue weighted by Gasteiger charge is -2.30. The van der Waals surface area contributed by atoms with Crippen molar-refractivity contribution in [3.05, 3.63) is 36.0 Å². The standard InChI is InChI=1S/C20H27N3O2/c1-3-4-13-25-17-7-5-16(6-8-17)19-18(14-21-22-19)20(24)23-11-9-15(2)10-12-23/h5-8,14-15H,3-4,9-13H2,1-2H3,(H,21,22). The first-order valence-corrected chi connectivity index (χ1v) is 9.25. The maximum atomic E-state index is 12.8. The number of benzene rings is 1. The van der Waals surface area contributed by atoms with E-state index in [1.165, 1.54) is 0 Å². The van der Waals surface area contributed by atoms with Gasteiger partial charge in [0.25, 0.3) is 5.91 Å². The van der Waals surface area contributed by atoms with Gasteiger partial charge in [-0.05, 0) is 49.4 Å². The molecular formula is C20H27N3O2. The highest BCUT2D eigenvalue weighted by Gasteiger charge is 2.24. The lowest BCUT2D eigenvalue weighted by atomic mass is 9.98. The fourth-order valence-electron chi connectivity index (χ4n) is 3.10. The summed E-state index contributed by atoms with van der Waals surface area (Å²) in [6, 6.07) is 7.85. The molecule has 1 aliphatic rings. The Morgan fingerprint density at radius 2 is 2.00 bits per heavy atom. The van der Waals surface area contributed by atoms with Gasteiger partial charge in [0.2, 0.25) is 0 Å². The molecule has 2 aromatic rings. The number of carbonyl (C=O) groups is 1. The Kier molecular flexibility index (Phi) is 5.74. The van der Waals surface area contributed by atoms with Crippen LogP contribution in [0.4, 0.5) is 0 Å². The third kappa shape index (κ3) is 4.21. The number of hydrogen-bond donors (Lipinski definition) is 1. The molecule has 1 aromatic carbocycles. The van der Waals surface area contributed by atoms with Crippen LogP contribution >= 0.6 is 0 Å². The van der Waals surface area contributed by atoms with Crippen molar-refractivity contribution in [3.63, 3.8) is 0 Å². The zero-order chi connectivity index (χ0) is 17.6. The molecule has 0 saturated carbocycles. The minimum atomic E-state index is 0.0684. The van der Waals surface area contributed by atoms with Crippen molar-refractivity contribution < 1.29 is 9.53 Å². The van der Waals surface area contributed by atoms with Gasteiger partial charge in [0.15, 0.2) is 0 Å². The van der Waals surface area contributed by atoms with Crippen LogP contribution in [0, 0.1) is 5.92 Å². The number of H-pyrrole nitrogens is 1. The summed E-state index contributed by atoms with van der Waals surface area (Å²) in [6.07, 6.45) is 5.95. The monoisotopic (exact) mass is 341 g/mol. The Morgan fingerprint density at radius 1 is 1.28 bits per heavy atom. The number of rotatable bonds is 6. The zero-order valence-electron chi connectivity index (χ0n) is 15.1. The van der Waals surface area contributed by atoms with E-state index in [4.69, 9.17) is 4.74 Å². The van der Waals surface area contributed by atoms with E-state index in [9.17, 15) is 4.79 Å². The number of likely N-dealkylation sites (tertiary alicyclic amines) is 1. The predicted molar refractivity (Wildman–Crippen MR) is 98.7 cm³/mol. The number of amides is 1. The molecule has 0 spiro atoms. The molecule has 3 rings (SSSR count). The first-order chi connectivity index (χ1) is 12.2. The average Bonchev–Trinajstić information content (AvgIpc) is 3.12. The Bertz CT molecular complexity index is 685. The van der Waals surface area contributed by atoms with Crippen LogP contribution in [0.2, 0.25) is 0 Å². The van der Waals surface area contributed by atoms with Gasteiger partial charge in [-0.1, -0.05) is 20.3 Å². The normalized spacial score (nSPS) is 15.4. The fourth-order valence-corrected chi connectivity index (χ4v) is 3.10. The number of nitrogens with one attached hydrogen (secondary N) is 1. The molecule has 2 heterocycles. The molecule has 5 nitrogen and oxygen atoms in total. The van der Waals surface area contributed by atoms with E-state index in [-0.39, 0.29) is 5.91 Å². The van der Waals surface area contributed by atoms with Crippen molar-refractivity contribution in [2.75, 3.05) is 19.7 Å². The molecule has 1 saturated heterocycles. The van der Waals surface area contributed by atoms with Crippen LogP contribution in [0.3, 0.4) is 0 Å². The van der Waals surface area contributed by atoms with Gasteiger partial charge >= 0.3 is 0 Å². The SMILES string of the molecule is CCCCOc1ccc(-c2[nH]ncc2C(=O)N2CCC(C)CC2)cc1.